The van der Waals surface area contributed by atoms with Crippen molar-refractivity contribution in [2.24, 2.45) is 0 Å². The highest BCUT2D eigenvalue weighted by atomic mass is 15.3. The van der Waals surface area contributed by atoms with E-state index in [9.17, 15) is 0 Å². The van der Waals surface area contributed by atoms with Crippen molar-refractivity contribution >= 4 is 0 Å². The molecule has 21 heavy (non-hydrogen) atoms. The molecular formula is C19H28N2. The molecule has 1 heterocycles. The summed E-state index contributed by atoms with van der Waals surface area (Å²) in [6, 6.07) is 11.8. The molecule has 114 valence electrons. The van der Waals surface area contributed by atoms with E-state index < -0.39 is 0 Å². The van der Waals surface area contributed by atoms with Crippen LogP contribution in [0.3, 0.4) is 0 Å². The summed E-state index contributed by atoms with van der Waals surface area (Å²) in [6.45, 7) is 8.53. The molecule has 1 saturated carbocycles. The lowest BCUT2D eigenvalue weighted by Crippen LogP contribution is -2.63. The SMILES string of the molecule is C=CC(C)N1CC2(CCCCC2)NCC1c1ccccc1. The van der Waals surface area contributed by atoms with E-state index in [4.69, 9.17) is 0 Å². The van der Waals surface area contributed by atoms with Crippen molar-refractivity contribution in [2.75, 3.05) is 13.1 Å². The van der Waals surface area contributed by atoms with E-state index in [1.54, 1.807) is 0 Å². The van der Waals surface area contributed by atoms with Crippen molar-refractivity contribution in [2.45, 2.75) is 56.7 Å². The van der Waals surface area contributed by atoms with Crippen LogP contribution in [0.1, 0.15) is 50.6 Å². The van der Waals surface area contributed by atoms with Crippen LogP contribution in [0, 0.1) is 0 Å². The summed E-state index contributed by atoms with van der Waals surface area (Å²) in [4.78, 5) is 2.66. The molecule has 2 unspecified atom stereocenters. The van der Waals surface area contributed by atoms with Gasteiger partial charge in [-0.15, -0.1) is 6.58 Å². The van der Waals surface area contributed by atoms with E-state index in [0.717, 1.165) is 13.1 Å². The summed E-state index contributed by atoms with van der Waals surface area (Å²) in [5.41, 5.74) is 1.77. The number of benzene rings is 1. The number of nitrogens with one attached hydrogen (secondary N) is 1. The van der Waals surface area contributed by atoms with Crippen LogP contribution in [0.5, 0.6) is 0 Å². The van der Waals surface area contributed by atoms with Crippen molar-refractivity contribution in [3.05, 3.63) is 48.6 Å². The minimum absolute atomic E-state index is 0.348. The van der Waals surface area contributed by atoms with Gasteiger partial charge in [0.25, 0.3) is 0 Å². The van der Waals surface area contributed by atoms with Crippen LogP contribution in [0.4, 0.5) is 0 Å². The standard InChI is InChI=1S/C19H28N2/c1-3-16(2)21-15-19(12-8-5-9-13-19)20-14-18(21)17-10-6-4-7-11-17/h3-4,6-7,10-11,16,18,20H,1,5,8-9,12-15H2,2H3. The Kier molecular flexibility index (Phi) is 4.46. The summed E-state index contributed by atoms with van der Waals surface area (Å²) < 4.78 is 0. The van der Waals surface area contributed by atoms with E-state index in [0.29, 0.717) is 17.6 Å². The van der Waals surface area contributed by atoms with Crippen molar-refractivity contribution in [3.63, 3.8) is 0 Å². The van der Waals surface area contributed by atoms with Crippen molar-refractivity contribution in [1.29, 1.82) is 0 Å². The fraction of sp³-hybridized carbons (Fsp3) is 0.579. The van der Waals surface area contributed by atoms with Gasteiger partial charge in [0, 0.05) is 30.7 Å². The predicted molar refractivity (Wildman–Crippen MR) is 89.4 cm³/mol. The quantitative estimate of drug-likeness (QED) is 0.847. The first-order valence-electron chi connectivity index (χ1n) is 8.42. The van der Waals surface area contributed by atoms with E-state index >= 15 is 0 Å². The maximum atomic E-state index is 4.04. The molecule has 2 aliphatic rings. The first-order chi connectivity index (χ1) is 10.2. The topological polar surface area (TPSA) is 15.3 Å². The second-order valence-corrected chi connectivity index (χ2v) is 6.80. The molecule has 1 aliphatic carbocycles. The molecule has 1 spiro atoms. The molecule has 0 bridgehead atoms. The highest BCUT2D eigenvalue weighted by molar-refractivity contribution is 5.22. The Bertz CT molecular complexity index is 462. The van der Waals surface area contributed by atoms with E-state index in [-0.39, 0.29) is 0 Å². The second-order valence-electron chi connectivity index (χ2n) is 6.80. The molecule has 1 N–H and O–H groups in total. The number of rotatable bonds is 3. The van der Waals surface area contributed by atoms with Gasteiger partial charge in [-0.05, 0) is 25.3 Å². The summed E-state index contributed by atoms with van der Waals surface area (Å²) in [5.74, 6) is 0. The molecule has 0 amide bonds. The minimum atomic E-state index is 0.348. The smallest absolute Gasteiger partial charge is 0.0479 e. The van der Waals surface area contributed by atoms with Gasteiger partial charge in [0.05, 0.1) is 0 Å². The van der Waals surface area contributed by atoms with Crippen LogP contribution in [-0.2, 0) is 0 Å². The molecule has 3 rings (SSSR count). The lowest BCUT2D eigenvalue weighted by Gasteiger charge is -2.51. The fourth-order valence-corrected chi connectivity index (χ4v) is 4.06. The maximum Gasteiger partial charge on any atom is 0.0479 e. The van der Waals surface area contributed by atoms with Crippen LogP contribution in [-0.4, -0.2) is 29.6 Å². The van der Waals surface area contributed by atoms with Gasteiger partial charge in [-0.2, -0.15) is 0 Å². The third kappa shape index (κ3) is 3.07. The van der Waals surface area contributed by atoms with Crippen LogP contribution in [0.2, 0.25) is 0 Å². The molecule has 1 aliphatic heterocycles. The van der Waals surface area contributed by atoms with Gasteiger partial charge >= 0.3 is 0 Å². The van der Waals surface area contributed by atoms with Gasteiger partial charge in [-0.3, -0.25) is 4.90 Å². The Morgan fingerprint density at radius 1 is 1.24 bits per heavy atom. The molecule has 2 fully saturated rings. The lowest BCUT2D eigenvalue weighted by molar-refractivity contribution is 0.0409. The fourth-order valence-electron chi connectivity index (χ4n) is 4.06. The lowest BCUT2D eigenvalue weighted by atomic mass is 9.78. The molecule has 1 aromatic carbocycles. The molecule has 1 saturated heterocycles. The van der Waals surface area contributed by atoms with Crippen LogP contribution in [0.25, 0.3) is 0 Å². The molecule has 2 heteroatoms. The first-order valence-corrected chi connectivity index (χ1v) is 8.42. The Morgan fingerprint density at radius 3 is 2.62 bits per heavy atom. The Hall–Kier alpha value is -1.12. The number of hydrogen-bond donors (Lipinski definition) is 1. The summed E-state index contributed by atoms with van der Waals surface area (Å²) >= 11 is 0. The van der Waals surface area contributed by atoms with Gasteiger partial charge in [0.15, 0.2) is 0 Å². The largest absolute Gasteiger partial charge is 0.308 e. The van der Waals surface area contributed by atoms with Crippen molar-refractivity contribution in [3.8, 4) is 0 Å². The number of piperazine rings is 1. The minimum Gasteiger partial charge on any atom is -0.308 e. The molecule has 0 radical (unpaired) electrons. The maximum absolute atomic E-state index is 4.04. The average Bonchev–Trinajstić information content (AvgIpc) is 2.55. The zero-order valence-electron chi connectivity index (χ0n) is 13.2. The van der Waals surface area contributed by atoms with Gasteiger partial charge < -0.3 is 5.32 Å². The third-order valence-electron chi connectivity index (χ3n) is 5.42. The normalized spacial score (nSPS) is 27.4. The van der Waals surface area contributed by atoms with E-state index in [1.807, 2.05) is 0 Å². The predicted octanol–water partition coefficient (Wildman–Crippen LogP) is 3.91. The summed E-state index contributed by atoms with van der Waals surface area (Å²) in [5, 5.41) is 3.92. The second kappa shape index (κ2) is 6.33. The monoisotopic (exact) mass is 284 g/mol. The molecule has 2 nitrogen and oxygen atoms in total. The van der Waals surface area contributed by atoms with Crippen molar-refractivity contribution < 1.29 is 0 Å². The molecular weight excluding hydrogens is 256 g/mol. The summed E-state index contributed by atoms with van der Waals surface area (Å²) in [6.07, 6.45) is 8.91. The van der Waals surface area contributed by atoms with Gasteiger partial charge in [0.2, 0.25) is 0 Å². The number of hydrogen-bond acceptors (Lipinski definition) is 2. The zero-order chi connectivity index (χ0) is 14.7. The zero-order valence-corrected chi connectivity index (χ0v) is 13.2. The molecule has 2 atom stereocenters. The molecule has 0 aromatic heterocycles. The Morgan fingerprint density at radius 2 is 1.95 bits per heavy atom. The van der Waals surface area contributed by atoms with Crippen LogP contribution >= 0.6 is 0 Å². The van der Waals surface area contributed by atoms with Crippen molar-refractivity contribution in [1.82, 2.24) is 10.2 Å². The third-order valence-corrected chi connectivity index (χ3v) is 5.42. The van der Waals surface area contributed by atoms with Crippen LogP contribution < -0.4 is 5.32 Å². The molecule has 1 aromatic rings. The number of nitrogens with zero attached hydrogens (tertiary/aromatic N) is 1. The van der Waals surface area contributed by atoms with E-state index in [1.165, 1.54) is 37.7 Å². The highest BCUT2D eigenvalue weighted by Gasteiger charge is 2.41. The van der Waals surface area contributed by atoms with Crippen LogP contribution in [0.15, 0.2) is 43.0 Å². The Balaban J connectivity index is 1.83. The van der Waals surface area contributed by atoms with Gasteiger partial charge in [0.1, 0.15) is 0 Å². The van der Waals surface area contributed by atoms with E-state index in [2.05, 4.69) is 60.1 Å². The highest BCUT2D eigenvalue weighted by Crippen LogP contribution is 2.36. The average molecular weight is 284 g/mol. The Labute approximate surface area is 129 Å². The van der Waals surface area contributed by atoms with Gasteiger partial charge in [-0.1, -0.05) is 55.7 Å². The summed E-state index contributed by atoms with van der Waals surface area (Å²) in [7, 11) is 0. The van der Waals surface area contributed by atoms with Gasteiger partial charge in [-0.25, -0.2) is 0 Å². The first kappa shape index (κ1) is 14.8.